The average Bonchev–Trinajstić information content (AvgIpc) is 3.15. The minimum absolute atomic E-state index is 0.572. The summed E-state index contributed by atoms with van der Waals surface area (Å²) in [4.78, 5) is 4.58. The molecule has 0 radical (unpaired) electrons. The molecular formula is C20H15I2NOS. The van der Waals surface area contributed by atoms with Crippen LogP contribution >= 0.6 is 56.9 Å². The van der Waals surface area contributed by atoms with Gasteiger partial charge in [-0.1, -0.05) is 42.5 Å². The van der Waals surface area contributed by atoms with Gasteiger partial charge >= 0.3 is 0 Å². The molecule has 2 nitrogen and oxygen atoms in total. The normalized spacial score (nSPS) is 13.9. The summed E-state index contributed by atoms with van der Waals surface area (Å²) in [5.41, 5.74) is 2.42. The molecule has 0 amide bonds. The Morgan fingerprint density at radius 2 is 1.76 bits per heavy atom. The van der Waals surface area contributed by atoms with Crippen LogP contribution in [0.2, 0.25) is 0 Å². The summed E-state index contributed by atoms with van der Waals surface area (Å²) in [5, 5.41) is 3.65. The first-order chi connectivity index (χ1) is 12.2. The van der Waals surface area contributed by atoms with Crippen LogP contribution in [0.4, 0.5) is 0 Å². The van der Waals surface area contributed by atoms with Crippen molar-refractivity contribution in [3.05, 3.63) is 72.9 Å². The fourth-order valence-corrected chi connectivity index (χ4v) is 5.82. The third kappa shape index (κ3) is 3.83. The van der Waals surface area contributed by atoms with Gasteiger partial charge in [0.1, 0.15) is 12.4 Å². The van der Waals surface area contributed by atoms with E-state index in [1.54, 1.807) is 0 Å². The SMILES string of the molecule is Ic1cc(C2=NCCS2)cc(I)c1OCc1cccc2ccccc12. The number of fused-ring (bicyclic) bond motifs is 1. The van der Waals surface area contributed by atoms with Gasteiger partial charge in [0.15, 0.2) is 0 Å². The van der Waals surface area contributed by atoms with Gasteiger partial charge in [0, 0.05) is 17.9 Å². The molecule has 0 spiro atoms. The zero-order chi connectivity index (χ0) is 17.2. The molecule has 0 atom stereocenters. The average molecular weight is 571 g/mol. The summed E-state index contributed by atoms with van der Waals surface area (Å²) < 4.78 is 8.49. The second kappa shape index (κ2) is 7.84. The Balaban J connectivity index is 1.60. The summed E-state index contributed by atoms with van der Waals surface area (Å²) in [6, 6.07) is 19.2. The molecule has 4 rings (SSSR count). The first kappa shape index (κ1) is 17.6. The second-order valence-corrected chi connectivity index (χ2v) is 9.14. The van der Waals surface area contributed by atoms with Crippen molar-refractivity contribution in [2.24, 2.45) is 4.99 Å². The molecule has 3 aromatic rings. The van der Waals surface area contributed by atoms with Crippen molar-refractivity contribution in [2.75, 3.05) is 12.3 Å². The molecule has 1 heterocycles. The van der Waals surface area contributed by atoms with Gasteiger partial charge in [0.25, 0.3) is 0 Å². The van der Waals surface area contributed by atoms with Gasteiger partial charge < -0.3 is 4.74 Å². The Hall–Kier alpha value is -0.800. The lowest BCUT2D eigenvalue weighted by atomic mass is 10.1. The number of rotatable bonds is 4. The van der Waals surface area contributed by atoms with Crippen LogP contribution in [0, 0.1) is 7.14 Å². The van der Waals surface area contributed by atoms with E-state index in [9.17, 15) is 0 Å². The highest BCUT2D eigenvalue weighted by atomic mass is 127. The molecule has 3 aromatic carbocycles. The zero-order valence-electron chi connectivity index (χ0n) is 13.3. The Kier molecular flexibility index (Phi) is 5.52. The molecule has 126 valence electrons. The standard InChI is InChI=1S/C20H15I2NOS/c21-17-10-15(20-23-8-9-25-20)11-18(22)19(17)24-12-14-6-3-5-13-4-1-2-7-16(13)14/h1-7,10-11H,8-9,12H2. The molecular weight excluding hydrogens is 556 g/mol. The first-order valence-electron chi connectivity index (χ1n) is 7.98. The molecule has 0 unspecified atom stereocenters. The van der Waals surface area contributed by atoms with E-state index in [-0.39, 0.29) is 0 Å². The number of ether oxygens (including phenoxy) is 1. The largest absolute Gasteiger partial charge is 0.487 e. The van der Waals surface area contributed by atoms with E-state index in [4.69, 9.17) is 4.74 Å². The minimum atomic E-state index is 0.572. The first-order valence-corrected chi connectivity index (χ1v) is 11.1. The molecule has 1 aliphatic rings. The predicted octanol–water partition coefficient (Wildman–Crippen LogP) is 6.12. The van der Waals surface area contributed by atoms with Gasteiger partial charge in [-0.2, -0.15) is 0 Å². The molecule has 5 heteroatoms. The van der Waals surface area contributed by atoms with E-state index in [1.807, 2.05) is 11.8 Å². The van der Waals surface area contributed by atoms with Crippen LogP contribution in [0.3, 0.4) is 0 Å². The quantitative estimate of drug-likeness (QED) is 0.352. The van der Waals surface area contributed by atoms with E-state index < -0.39 is 0 Å². The van der Waals surface area contributed by atoms with E-state index in [2.05, 4.69) is 105 Å². The van der Waals surface area contributed by atoms with Gasteiger partial charge in [-0.15, -0.1) is 11.8 Å². The van der Waals surface area contributed by atoms with Crippen molar-refractivity contribution >= 4 is 72.8 Å². The molecule has 0 bridgehead atoms. The number of benzene rings is 3. The Bertz CT molecular complexity index is 943. The van der Waals surface area contributed by atoms with Gasteiger partial charge in [-0.05, 0) is 73.7 Å². The van der Waals surface area contributed by atoms with Crippen molar-refractivity contribution in [2.45, 2.75) is 6.61 Å². The van der Waals surface area contributed by atoms with Gasteiger partial charge in [-0.25, -0.2) is 0 Å². The van der Waals surface area contributed by atoms with Gasteiger partial charge in [0.05, 0.1) is 12.2 Å². The van der Waals surface area contributed by atoms with Crippen molar-refractivity contribution in [3.63, 3.8) is 0 Å². The van der Waals surface area contributed by atoms with Crippen molar-refractivity contribution in [1.82, 2.24) is 0 Å². The number of aliphatic imine (C=N–C) groups is 1. The summed E-state index contributed by atoms with van der Waals surface area (Å²) >= 11 is 6.56. The molecule has 0 aliphatic carbocycles. The number of halogens is 2. The summed E-state index contributed by atoms with van der Waals surface area (Å²) in [6.07, 6.45) is 0. The van der Waals surface area contributed by atoms with Gasteiger partial charge in [0.2, 0.25) is 0 Å². The number of hydrogen-bond donors (Lipinski definition) is 0. The van der Waals surface area contributed by atoms with Crippen LogP contribution in [0.25, 0.3) is 10.8 Å². The van der Waals surface area contributed by atoms with E-state index in [1.165, 1.54) is 21.9 Å². The lowest BCUT2D eigenvalue weighted by Crippen LogP contribution is -2.02. The maximum atomic E-state index is 6.22. The Morgan fingerprint density at radius 1 is 1.00 bits per heavy atom. The lowest BCUT2D eigenvalue weighted by Gasteiger charge is -2.13. The molecule has 0 aromatic heterocycles. The molecule has 0 N–H and O–H groups in total. The molecule has 1 aliphatic heterocycles. The topological polar surface area (TPSA) is 21.6 Å². The summed E-state index contributed by atoms with van der Waals surface area (Å²) in [7, 11) is 0. The van der Waals surface area contributed by atoms with Crippen molar-refractivity contribution in [1.29, 1.82) is 0 Å². The number of nitrogens with zero attached hydrogens (tertiary/aromatic N) is 1. The van der Waals surface area contributed by atoms with Crippen LogP contribution in [-0.4, -0.2) is 17.3 Å². The van der Waals surface area contributed by atoms with Crippen LogP contribution in [0.1, 0.15) is 11.1 Å². The molecule has 0 fully saturated rings. The summed E-state index contributed by atoms with van der Waals surface area (Å²) in [6.45, 7) is 1.49. The van der Waals surface area contributed by atoms with Gasteiger partial charge in [-0.3, -0.25) is 4.99 Å². The van der Waals surface area contributed by atoms with Crippen molar-refractivity contribution in [3.8, 4) is 5.75 Å². The maximum absolute atomic E-state index is 6.22. The van der Waals surface area contributed by atoms with Crippen LogP contribution in [0.15, 0.2) is 59.6 Å². The highest BCUT2D eigenvalue weighted by molar-refractivity contribution is 14.1. The predicted molar refractivity (Wildman–Crippen MR) is 124 cm³/mol. The monoisotopic (exact) mass is 571 g/mol. The highest BCUT2D eigenvalue weighted by Gasteiger charge is 2.15. The highest BCUT2D eigenvalue weighted by Crippen LogP contribution is 2.32. The van der Waals surface area contributed by atoms with Crippen molar-refractivity contribution < 1.29 is 4.74 Å². The molecule has 0 saturated carbocycles. The Morgan fingerprint density at radius 3 is 2.52 bits per heavy atom. The zero-order valence-corrected chi connectivity index (χ0v) is 18.5. The van der Waals surface area contributed by atoms with Crippen LogP contribution < -0.4 is 4.74 Å². The fraction of sp³-hybridized carbons (Fsp3) is 0.150. The fourth-order valence-electron chi connectivity index (χ4n) is 2.90. The Labute approximate surface area is 178 Å². The third-order valence-electron chi connectivity index (χ3n) is 4.08. The molecule has 0 saturated heterocycles. The molecule has 25 heavy (non-hydrogen) atoms. The van der Waals surface area contributed by atoms with Crippen LogP contribution in [0.5, 0.6) is 5.75 Å². The van der Waals surface area contributed by atoms with E-state index in [0.29, 0.717) is 6.61 Å². The smallest absolute Gasteiger partial charge is 0.146 e. The van der Waals surface area contributed by atoms with Crippen LogP contribution in [-0.2, 0) is 6.61 Å². The van der Waals surface area contributed by atoms with E-state index >= 15 is 0 Å². The second-order valence-electron chi connectivity index (χ2n) is 5.73. The lowest BCUT2D eigenvalue weighted by molar-refractivity contribution is 0.303. The number of thioether (sulfide) groups is 1. The minimum Gasteiger partial charge on any atom is -0.487 e. The maximum Gasteiger partial charge on any atom is 0.146 e. The number of hydrogen-bond acceptors (Lipinski definition) is 3. The summed E-state index contributed by atoms with van der Waals surface area (Å²) in [5.74, 6) is 2.04. The van der Waals surface area contributed by atoms with E-state index in [0.717, 1.165) is 30.2 Å². The third-order valence-corrected chi connectivity index (χ3v) is 6.71.